The molecule has 0 amide bonds. The highest BCUT2D eigenvalue weighted by atomic mass is 79.9. The first-order valence-corrected chi connectivity index (χ1v) is 4.14. The van der Waals surface area contributed by atoms with E-state index < -0.39 is 17.6 Å². The molecular weight excluding hydrogens is 252 g/mol. The summed E-state index contributed by atoms with van der Waals surface area (Å²) in [5.74, 6) is -0.851. The van der Waals surface area contributed by atoms with Gasteiger partial charge < -0.3 is 0 Å². The van der Waals surface area contributed by atoms with Gasteiger partial charge in [0.1, 0.15) is 5.82 Å². The molecule has 0 fully saturated rings. The lowest BCUT2D eigenvalue weighted by molar-refractivity contribution is -0.138. The Balaban J connectivity index is 3.32. The van der Waals surface area contributed by atoms with E-state index in [1.165, 1.54) is 6.92 Å². The molecule has 13 heavy (non-hydrogen) atoms. The summed E-state index contributed by atoms with van der Waals surface area (Å²) >= 11 is 2.73. The van der Waals surface area contributed by atoms with Crippen molar-refractivity contribution in [3.8, 4) is 0 Å². The van der Waals surface area contributed by atoms with Crippen LogP contribution in [-0.2, 0) is 6.18 Å². The Hall–Kier alpha value is -0.580. The van der Waals surface area contributed by atoms with Crippen LogP contribution < -0.4 is 0 Å². The largest absolute Gasteiger partial charge is 0.417 e. The molecule has 1 aromatic carbocycles. The van der Waals surface area contributed by atoms with Crippen LogP contribution in [-0.4, -0.2) is 0 Å². The summed E-state index contributed by atoms with van der Waals surface area (Å²) in [6.45, 7) is 1.40. The molecule has 0 heterocycles. The Bertz CT molecular complexity index is 330. The van der Waals surface area contributed by atoms with Crippen molar-refractivity contribution in [3.63, 3.8) is 0 Å². The van der Waals surface area contributed by atoms with Gasteiger partial charge in [0.15, 0.2) is 0 Å². The van der Waals surface area contributed by atoms with Gasteiger partial charge in [-0.3, -0.25) is 0 Å². The molecule has 0 N–H and O–H groups in total. The summed E-state index contributed by atoms with van der Waals surface area (Å²) in [4.78, 5) is 0. The molecule has 1 aromatic rings. The average molecular weight is 257 g/mol. The Morgan fingerprint density at radius 1 is 1.23 bits per heavy atom. The van der Waals surface area contributed by atoms with Crippen LogP contribution in [0.25, 0.3) is 0 Å². The first kappa shape index (κ1) is 10.5. The zero-order valence-electron chi connectivity index (χ0n) is 6.54. The van der Waals surface area contributed by atoms with Crippen LogP contribution in [0.15, 0.2) is 16.6 Å². The second-order valence-corrected chi connectivity index (χ2v) is 3.43. The first-order chi connectivity index (χ1) is 5.82. The quantitative estimate of drug-likeness (QED) is 0.618. The number of alkyl halides is 3. The molecule has 0 aliphatic rings. The zero-order chi connectivity index (χ0) is 10.2. The van der Waals surface area contributed by atoms with Crippen molar-refractivity contribution in [1.82, 2.24) is 0 Å². The SMILES string of the molecule is Cc1cc(Br)c(C(F)(F)F)cc1F. The second kappa shape index (κ2) is 3.29. The monoisotopic (exact) mass is 256 g/mol. The molecular formula is C8H5BrF4. The predicted molar refractivity (Wildman–Crippen MR) is 43.8 cm³/mol. The minimum atomic E-state index is -4.52. The number of aryl methyl sites for hydroxylation is 1. The van der Waals surface area contributed by atoms with Crippen LogP contribution in [0.2, 0.25) is 0 Å². The van der Waals surface area contributed by atoms with Crippen molar-refractivity contribution in [2.75, 3.05) is 0 Å². The molecule has 0 atom stereocenters. The van der Waals surface area contributed by atoms with Crippen molar-refractivity contribution in [1.29, 1.82) is 0 Å². The summed E-state index contributed by atoms with van der Waals surface area (Å²) in [5.41, 5.74) is -0.810. The molecule has 0 saturated heterocycles. The minimum Gasteiger partial charge on any atom is -0.207 e. The van der Waals surface area contributed by atoms with E-state index in [0.29, 0.717) is 6.07 Å². The minimum absolute atomic E-state index is 0.140. The maximum Gasteiger partial charge on any atom is 0.417 e. The fourth-order valence-corrected chi connectivity index (χ4v) is 1.55. The molecule has 0 aliphatic heterocycles. The van der Waals surface area contributed by atoms with E-state index in [2.05, 4.69) is 15.9 Å². The number of halogens is 5. The van der Waals surface area contributed by atoms with Crippen LogP contribution in [0.5, 0.6) is 0 Å². The molecule has 0 aromatic heterocycles. The second-order valence-electron chi connectivity index (χ2n) is 2.58. The summed E-state index contributed by atoms with van der Waals surface area (Å²) < 4.78 is 49.1. The van der Waals surface area contributed by atoms with Gasteiger partial charge in [-0.25, -0.2) is 4.39 Å². The first-order valence-electron chi connectivity index (χ1n) is 3.35. The molecule has 0 aliphatic carbocycles. The fourth-order valence-electron chi connectivity index (χ4n) is 0.864. The zero-order valence-corrected chi connectivity index (χ0v) is 8.13. The van der Waals surface area contributed by atoms with Crippen molar-refractivity contribution in [2.45, 2.75) is 13.1 Å². The number of hydrogen-bond acceptors (Lipinski definition) is 0. The lowest BCUT2D eigenvalue weighted by Crippen LogP contribution is -2.07. The summed E-state index contributed by atoms with van der Waals surface area (Å²) in [5, 5.41) is 0. The van der Waals surface area contributed by atoms with Crippen LogP contribution >= 0.6 is 15.9 Å². The molecule has 0 unspecified atom stereocenters. The van der Waals surface area contributed by atoms with Gasteiger partial charge in [0.05, 0.1) is 5.56 Å². The Morgan fingerprint density at radius 2 is 1.77 bits per heavy atom. The van der Waals surface area contributed by atoms with Gasteiger partial charge in [0, 0.05) is 4.47 Å². The topological polar surface area (TPSA) is 0 Å². The van der Waals surface area contributed by atoms with Crippen LogP contribution in [0, 0.1) is 12.7 Å². The van der Waals surface area contributed by atoms with E-state index in [9.17, 15) is 17.6 Å². The van der Waals surface area contributed by atoms with Gasteiger partial charge in [-0.2, -0.15) is 13.2 Å². The molecule has 72 valence electrons. The van der Waals surface area contributed by atoms with E-state index in [4.69, 9.17) is 0 Å². The van der Waals surface area contributed by atoms with E-state index in [1.807, 2.05) is 0 Å². The van der Waals surface area contributed by atoms with Gasteiger partial charge in [0.2, 0.25) is 0 Å². The van der Waals surface area contributed by atoms with Crippen molar-refractivity contribution >= 4 is 15.9 Å². The number of hydrogen-bond donors (Lipinski definition) is 0. The van der Waals surface area contributed by atoms with E-state index >= 15 is 0 Å². The Kier molecular flexibility index (Phi) is 2.66. The van der Waals surface area contributed by atoms with Crippen LogP contribution in [0.3, 0.4) is 0 Å². The lowest BCUT2D eigenvalue weighted by Gasteiger charge is -2.09. The van der Waals surface area contributed by atoms with Crippen molar-refractivity contribution in [2.24, 2.45) is 0 Å². The van der Waals surface area contributed by atoms with Gasteiger partial charge >= 0.3 is 6.18 Å². The third-order valence-corrected chi connectivity index (χ3v) is 2.21. The number of benzene rings is 1. The molecule has 5 heteroatoms. The summed E-state index contributed by atoms with van der Waals surface area (Å²) in [6.07, 6.45) is -4.52. The highest BCUT2D eigenvalue weighted by Crippen LogP contribution is 2.35. The predicted octanol–water partition coefficient (Wildman–Crippen LogP) is 3.92. The highest BCUT2D eigenvalue weighted by molar-refractivity contribution is 9.10. The van der Waals surface area contributed by atoms with E-state index in [-0.39, 0.29) is 10.0 Å². The van der Waals surface area contributed by atoms with Gasteiger partial charge in [-0.1, -0.05) is 15.9 Å². The normalized spacial score (nSPS) is 11.8. The van der Waals surface area contributed by atoms with Gasteiger partial charge in [0.25, 0.3) is 0 Å². The van der Waals surface area contributed by atoms with Crippen molar-refractivity contribution < 1.29 is 17.6 Å². The van der Waals surface area contributed by atoms with Crippen LogP contribution in [0.1, 0.15) is 11.1 Å². The third kappa shape index (κ3) is 2.21. The molecule has 0 spiro atoms. The lowest BCUT2D eigenvalue weighted by atomic mass is 10.1. The van der Waals surface area contributed by atoms with Crippen LogP contribution in [0.4, 0.5) is 17.6 Å². The van der Waals surface area contributed by atoms with E-state index in [1.54, 1.807) is 0 Å². The standard InChI is InChI=1S/C8H5BrF4/c1-4-2-6(9)5(3-7(4)10)8(11,12)13/h2-3H,1H3. The average Bonchev–Trinajstić information content (AvgIpc) is 1.94. The molecule has 1 rings (SSSR count). The molecule has 0 radical (unpaired) electrons. The molecule has 0 saturated carbocycles. The summed E-state index contributed by atoms with van der Waals surface area (Å²) in [6, 6.07) is 1.59. The van der Waals surface area contributed by atoms with E-state index in [0.717, 1.165) is 6.07 Å². The van der Waals surface area contributed by atoms with Crippen molar-refractivity contribution in [3.05, 3.63) is 33.5 Å². The van der Waals surface area contributed by atoms with Gasteiger partial charge in [-0.05, 0) is 24.6 Å². The number of rotatable bonds is 0. The molecule has 0 nitrogen and oxygen atoms in total. The smallest absolute Gasteiger partial charge is 0.207 e. The fraction of sp³-hybridized carbons (Fsp3) is 0.250. The van der Waals surface area contributed by atoms with Gasteiger partial charge in [-0.15, -0.1) is 0 Å². The maximum absolute atomic E-state index is 12.8. The maximum atomic E-state index is 12.8. The molecule has 0 bridgehead atoms. The third-order valence-electron chi connectivity index (χ3n) is 1.55. The Morgan fingerprint density at radius 3 is 2.23 bits per heavy atom. The summed E-state index contributed by atoms with van der Waals surface area (Å²) in [7, 11) is 0. The Labute approximate surface area is 80.7 Å². The highest BCUT2D eigenvalue weighted by Gasteiger charge is 2.33.